The molecule has 4 aromatic carbocycles. The number of rotatable bonds is 9. The van der Waals surface area contributed by atoms with Crippen LogP contribution in [0, 0.1) is 24.0 Å². The van der Waals surface area contributed by atoms with Crippen LogP contribution in [0.3, 0.4) is 0 Å². The number of ether oxygens (including phenoxy) is 2. The number of hydrogen-bond donors (Lipinski definition) is 0. The molecule has 2 aliphatic heterocycles. The van der Waals surface area contributed by atoms with Crippen LogP contribution in [0.1, 0.15) is 74.2 Å². The third-order valence-electron chi connectivity index (χ3n) is 11.4. The highest BCUT2D eigenvalue weighted by atomic mass is 16.6. The highest BCUT2D eigenvalue weighted by Crippen LogP contribution is 2.36. The highest BCUT2D eigenvalue weighted by Gasteiger charge is 2.30. The van der Waals surface area contributed by atoms with Gasteiger partial charge >= 0.3 is 0 Å². The number of anilines is 1. The Balaban J connectivity index is 1.20. The quantitative estimate of drug-likeness (QED) is 0.107. The van der Waals surface area contributed by atoms with Crippen LogP contribution in [0.2, 0.25) is 0 Å². The van der Waals surface area contributed by atoms with Crippen molar-refractivity contribution in [3.8, 4) is 17.0 Å². The number of fused-ring (bicyclic) bond motifs is 2. The van der Waals surface area contributed by atoms with Crippen molar-refractivity contribution < 1.29 is 24.0 Å². The fourth-order valence-corrected chi connectivity index (χ4v) is 8.06. The average molecular weight is 753 g/mol. The van der Waals surface area contributed by atoms with Crippen molar-refractivity contribution in [1.29, 1.82) is 0 Å². The van der Waals surface area contributed by atoms with Gasteiger partial charge in [-0.3, -0.25) is 19.7 Å². The first-order valence-electron chi connectivity index (χ1n) is 19.0. The molecule has 286 valence electrons. The van der Waals surface area contributed by atoms with Gasteiger partial charge < -0.3 is 23.8 Å². The molecule has 0 N–H and O–H groups in total. The van der Waals surface area contributed by atoms with Crippen LogP contribution in [0.4, 0.5) is 11.4 Å². The summed E-state index contributed by atoms with van der Waals surface area (Å²) in [5.74, 6) is 0.232. The number of aromatic nitrogens is 3. The monoisotopic (exact) mass is 752 g/mol. The molecule has 0 aliphatic carbocycles. The predicted molar refractivity (Wildman–Crippen MR) is 214 cm³/mol. The van der Waals surface area contributed by atoms with Gasteiger partial charge in [0.15, 0.2) is 6.23 Å². The Hall–Kier alpha value is -6.27. The van der Waals surface area contributed by atoms with E-state index in [1.165, 1.54) is 23.8 Å². The van der Waals surface area contributed by atoms with E-state index in [1.54, 1.807) is 23.0 Å². The first-order valence-corrected chi connectivity index (χ1v) is 19.0. The van der Waals surface area contributed by atoms with Crippen molar-refractivity contribution in [1.82, 2.24) is 19.2 Å². The molecule has 4 heterocycles. The molecule has 6 aromatic rings. The predicted octanol–water partition coefficient (Wildman–Crippen LogP) is 8.32. The second-order valence-electron chi connectivity index (χ2n) is 14.6. The summed E-state index contributed by atoms with van der Waals surface area (Å²) in [5.41, 5.74) is 7.88. The molecule has 0 bridgehead atoms. The second kappa shape index (κ2) is 15.1. The molecule has 0 saturated carbocycles. The van der Waals surface area contributed by atoms with Gasteiger partial charge in [0.1, 0.15) is 5.75 Å². The number of nitro groups is 1. The minimum Gasteiger partial charge on any atom is -0.496 e. The summed E-state index contributed by atoms with van der Waals surface area (Å²) in [7, 11) is 3.44. The number of methoxy groups -OCH3 is 1. The first-order chi connectivity index (χ1) is 27.1. The number of nitrogens with zero attached hydrogens (tertiary/aromatic N) is 6. The number of carbonyl (C=O) groups excluding carboxylic acids is 2. The van der Waals surface area contributed by atoms with Crippen LogP contribution in [-0.2, 0) is 31.3 Å². The normalized spacial score (nSPS) is 15.4. The molecule has 1 saturated heterocycles. The number of carbonyl (C=O) groups is 2. The zero-order valence-corrected chi connectivity index (χ0v) is 32.0. The third kappa shape index (κ3) is 6.70. The molecule has 1 atom stereocenters. The lowest BCUT2D eigenvalue weighted by Crippen LogP contribution is -2.36. The van der Waals surface area contributed by atoms with Crippen molar-refractivity contribution in [2.24, 2.45) is 7.05 Å². The minimum atomic E-state index is -0.465. The largest absolute Gasteiger partial charge is 0.496 e. The number of non-ortho nitro benzene ring substituents is 1. The van der Waals surface area contributed by atoms with Crippen LogP contribution in [0.15, 0.2) is 91.1 Å². The van der Waals surface area contributed by atoms with Crippen LogP contribution in [-0.4, -0.2) is 56.2 Å². The molecule has 12 heteroatoms. The highest BCUT2D eigenvalue weighted by molar-refractivity contribution is 6.09. The molecule has 2 aliphatic rings. The van der Waals surface area contributed by atoms with Crippen LogP contribution in [0.25, 0.3) is 22.2 Å². The molecule has 0 radical (unpaired) electrons. The Morgan fingerprint density at radius 3 is 2.57 bits per heavy atom. The lowest BCUT2D eigenvalue weighted by molar-refractivity contribution is -0.384. The molecule has 1 fully saturated rings. The number of amides is 2. The van der Waals surface area contributed by atoms with Gasteiger partial charge in [0.25, 0.3) is 17.5 Å². The maximum absolute atomic E-state index is 15.0. The summed E-state index contributed by atoms with van der Waals surface area (Å²) in [5, 5.41) is 17.6. The molecule has 12 nitrogen and oxygen atoms in total. The van der Waals surface area contributed by atoms with Crippen LogP contribution < -0.4 is 9.64 Å². The van der Waals surface area contributed by atoms with E-state index < -0.39 is 4.92 Å². The first kappa shape index (κ1) is 36.7. The summed E-state index contributed by atoms with van der Waals surface area (Å²) in [4.78, 5) is 44.4. The molecule has 1 unspecified atom stereocenters. The van der Waals surface area contributed by atoms with Gasteiger partial charge in [-0.1, -0.05) is 36.4 Å². The molecule has 2 aromatic heterocycles. The third-order valence-corrected chi connectivity index (χ3v) is 11.4. The van der Waals surface area contributed by atoms with E-state index in [0.717, 1.165) is 59.0 Å². The van der Waals surface area contributed by atoms with E-state index in [1.807, 2.05) is 90.9 Å². The van der Waals surface area contributed by atoms with Crippen molar-refractivity contribution >= 4 is 34.1 Å². The fourth-order valence-electron chi connectivity index (χ4n) is 8.06. The lowest BCUT2D eigenvalue weighted by Gasteiger charge is -2.29. The molecule has 8 rings (SSSR count). The zero-order chi connectivity index (χ0) is 39.1. The summed E-state index contributed by atoms with van der Waals surface area (Å²) in [6.07, 6.45) is 5.39. The molecular weight excluding hydrogens is 709 g/mol. The number of hydrogen-bond acceptors (Lipinski definition) is 7. The van der Waals surface area contributed by atoms with Crippen molar-refractivity contribution in [3.63, 3.8) is 0 Å². The zero-order valence-electron chi connectivity index (χ0n) is 32.0. The topological polar surface area (TPSA) is 125 Å². The maximum Gasteiger partial charge on any atom is 0.270 e. The van der Waals surface area contributed by atoms with E-state index in [-0.39, 0.29) is 30.3 Å². The Bertz CT molecular complexity index is 2500. The van der Waals surface area contributed by atoms with Crippen LogP contribution >= 0.6 is 0 Å². The van der Waals surface area contributed by atoms with E-state index in [9.17, 15) is 14.9 Å². The fraction of sp³-hybridized carbons (Fsp3) is 0.295. The van der Waals surface area contributed by atoms with E-state index in [2.05, 4.69) is 11.2 Å². The van der Waals surface area contributed by atoms with Gasteiger partial charge in [0.2, 0.25) is 0 Å². The van der Waals surface area contributed by atoms with Gasteiger partial charge in [-0.25, -0.2) is 4.68 Å². The summed E-state index contributed by atoms with van der Waals surface area (Å²) in [6, 6.07) is 25.8. The van der Waals surface area contributed by atoms with Gasteiger partial charge in [-0.15, -0.1) is 0 Å². The Morgan fingerprint density at radius 1 is 0.982 bits per heavy atom. The standard InChI is InChI=1S/C44H44N6O6/c1-28-31(12-9-13-41(28)55-4)27-48(34-16-18-39-33(22-34)25-45-49(39)42-14-7-8-21-56-42)44(52)37-24-40(46(3)29(37)2)38-23-35(50(53)54)15-17-36(38)43(51)47-20-19-30-10-5-6-11-32(30)26-47/h5-6,9-13,15-18,22-25,42H,7-8,14,19-21,26-27H2,1-4H3. The van der Waals surface area contributed by atoms with Crippen molar-refractivity contribution in [3.05, 3.63) is 140 Å². The number of nitro benzene ring substituents is 1. The SMILES string of the molecule is COc1cccc(CN(C(=O)c2cc(-c3cc([N+](=O)[O-])ccc3C(=O)N3CCc4ccccc4C3)n(C)c2C)c2ccc3c(cnn3C3CCCCO3)c2)c1C. The van der Waals surface area contributed by atoms with Gasteiger partial charge in [0.05, 0.1) is 35.9 Å². The van der Waals surface area contributed by atoms with Gasteiger partial charge in [-0.05, 0) is 98.2 Å². The van der Waals surface area contributed by atoms with Gasteiger partial charge in [-0.2, -0.15) is 5.10 Å². The van der Waals surface area contributed by atoms with E-state index in [0.29, 0.717) is 53.5 Å². The smallest absolute Gasteiger partial charge is 0.270 e. The number of benzene rings is 4. The van der Waals surface area contributed by atoms with Crippen molar-refractivity contribution in [2.75, 3.05) is 25.2 Å². The van der Waals surface area contributed by atoms with E-state index >= 15 is 4.79 Å². The average Bonchev–Trinajstić information content (AvgIpc) is 3.79. The summed E-state index contributed by atoms with van der Waals surface area (Å²) >= 11 is 0. The summed E-state index contributed by atoms with van der Waals surface area (Å²) in [6.45, 7) is 5.73. The maximum atomic E-state index is 15.0. The molecular formula is C44H44N6O6. The Morgan fingerprint density at radius 2 is 1.80 bits per heavy atom. The second-order valence-corrected chi connectivity index (χ2v) is 14.6. The Kier molecular flexibility index (Phi) is 9.90. The molecule has 2 amide bonds. The minimum absolute atomic E-state index is 0.133. The lowest BCUT2D eigenvalue weighted by atomic mass is 9.97. The van der Waals surface area contributed by atoms with E-state index in [4.69, 9.17) is 9.47 Å². The van der Waals surface area contributed by atoms with Crippen molar-refractivity contribution in [2.45, 2.75) is 58.8 Å². The van der Waals surface area contributed by atoms with Crippen LogP contribution in [0.5, 0.6) is 5.75 Å². The Labute approximate surface area is 325 Å². The molecule has 0 spiro atoms. The summed E-state index contributed by atoms with van der Waals surface area (Å²) < 4.78 is 15.4. The van der Waals surface area contributed by atoms with Gasteiger partial charge in [0, 0.05) is 72.5 Å². The molecule has 56 heavy (non-hydrogen) atoms.